The van der Waals surface area contributed by atoms with Crippen molar-refractivity contribution in [3.63, 3.8) is 0 Å². The van der Waals surface area contributed by atoms with Crippen molar-refractivity contribution in [2.75, 3.05) is 5.43 Å². The van der Waals surface area contributed by atoms with Gasteiger partial charge in [0, 0.05) is 6.20 Å². The number of hydrogen-bond acceptors (Lipinski definition) is 4. The molecule has 0 bridgehead atoms. The van der Waals surface area contributed by atoms with Crippen LogP contribution < -0.4 is 11.0 Å². The lowest BCUT2D eigenvalue weighted by molar-refractivity contribution is 1.04. The first-order chi connectivity index (χ1) is 10.3. The largest absolute Gasteiger partial charge is 0.278 e. The van der Waals surface area contributed by atoms with Crippen molar-refractivity contribution in [2.45, 2.75) is 0 Å². The molecule has 5 nitrogen and oxygen atoms in total. The molecule has 0 saturated carbocycles. The number of anilines is 1. The Morgan fingerprint density at radius 3 is 2.71 bits per heavy atom. The zero-order valence-electron chi connectivity index (χ0n) is 10.9. The van der Waals surface area contributed by atoms with Gasteiger partial charge in [-0.05, 0) is 24.3 Å². The van der Waals surface area contributed by atoms with Crippen LogP contribution in [0, 0.1) is 0 Å². The molecule has 2 aromatic heterocycles. The number of pyridine rings is 1. The standard InChI is InChI=1S/C15H11ClN4O/c16-14-12(10-17-19-11-6-2-1-3-7-11)15(21)20-9-5-4-8-13(20)18-14/h1-10,19H/b17-10+. The molecule has 0 aliphatic carbocycles. The zero-order valence-corrected chi connectivity index (χ0v) is 11.7. The van der Waals surface area contributed by atoms with Crippen LogP contribution in [-0.2, 0) is 0 Å². The van der Waals surface area contributed by atoms with E-state index in [0.29, 0.717) is 5.65 Å². The topological polar surface area (TPSA) is 58.8 Å². The second-order valence-corrected chi connectivity index (χ2v) is 4.64. The minimum absolute atomic E-state index is 0.129. The van der Waals surface area contributed by atoms with E-state index in [9.17, 15) is 4.79 Å². The Balaban J connectivity index is 1.95. The van der Waals surface area contributed by atoms with Crippen LogP contribution in [0.3, 0.4) is 0 Å². The van der Waals surface area contributed by atoms with E-state index in [1.165, 1.54) is 10.6 Å². The number of hydrogen-bond donors (Lipinski definition) is 1. The van der Waals surface area contributed by atoms with E-state index in [2.05, 4.69) is 15.5 Å². The monoisotopic (exact) mass is 298 g/mol. The predicted octanol–water partition coefficient (Wildman–Crippen LogP) is 2.79. The smallest absolute Gasteiger partial charge is 0.268 e. The quantitative estimate of drug-likeness (QED) is 0.459. The van der Waals surface area contributed by atoms with E-state index in [1.807, 2.05) is 30.3 Å². The van der Waals surface area contributed by atoms with Crippen LogP contribution in [0.5, 0.6) is 0 Å². The second kappa shape index (κ2) is 5.76. The van der Waals surface area contributed by atoms with Gasteiger partial charge in [0.2, 0.25) is 0 Å². The number of nitrogens with one attached hydrogen (secondary N) is 1. The third-order valence-electron chi connectivity index (χ3n) is 2.88. The summed E-state index contributed by atoms with van der Waals surface area (Å²) in [7, 11) is 0. The second-order valence-electron chi connectivity index (χ2n) is 4.29. The fourth-order valence-electron chi connectivity index (χ4n) is 1.87. The summed E-state index contributed by atoms with van der Waals surface area (Å²) in [5, 5.41) is 4.16. The molecule has 0 saturated heterocycles. The Hall–Kier alpha value is -2.66. The van der Waals surface area contributed by atoms with Crippen molar-refractivity contribution in [2.24, 2.45) is 5.10 Å². The molecule has 1 N–H and O–H groups in total. The molecule has 0 fully saturated rings. The third-order valence-corrected chi connectivity index (χ3v) is 3.17. The van der Waals surface area contributed by atoms with Crippen LogP contribution >= 0.6 is 11.6 Å². The Kier molecular flexibility index (Phi) is 3.66. The highest BCUT2D eigenvalue weighted by Gasteiger charge is 2.08. The van der Waals surface area contributed by atoms with Gasteiger partial charge in [0.05, 0.1) is 17.5 Å². The van der Waals surface area contributed by atoms with Crippen molar-refractivity contribution >= 4 is 29.2 Å². The first kappa shape index (κ1) is 13.3. The Morgan fingerprint density at radius 1 is 1.14 bits per heavy atom. The number of para-hydroxylation sites is 1. The highest BCUT2D eigenvalue weighted by atomic mass is 35.5. The Labute approximate surface area is 125 Å². The van der Waals surface area contributed by atoms with Crippen molar-refractivity contribution < 1.29 is 0 Å². The van der Waals surface area contributed by atoms with Gasteiger partial charge in [0.1, 0.15) is 10.8 Å². The van der Waals surface area contributed by atoms with Crippen molar-refractivity contribution in [3.05, 3.63) is 75.8 Å². The maximum absolute atomic E-state index is 12.3. The van der Waals surface area contributed by atoms with Gasteiger partial charge in [-0.25, -0.2) is 4.98 Å². The van der Waals surface area contributed by atoms with Gasteiger partial charge in [0.25, 0.3) is 5.56 Å². The third kappa shape index (κ3) is 2.78. The molecular formula is C15H11ClN4O. The Bertz CT molecular complexity index is 858. The summed E-state index contributed by atoms with van der Waals surface area (Å²) in [6.45, 7) is 0. The van der Waals surface area contributed by atoms with Gasteiger partial charge in [0.15, 0.2) is 0 Å². The Morgan fingerprint density at radius 2 is 1.90 bits per heavy atom. The summed E-state index contributed by atoms with van der Waals surface area (Å²) < 4.78 is 1.43. The van der Waals surface area contributed by atoms with Crippen molar-refractivity contribution in [1.82, 2.24) is 9.38 Å². The van der Waals surface area contributed by atoms with E-state index < -0.39 is 0 Å². The molecule has 104 valence electrons. The van der Waals surface area contributed by atoms with Crippen molar-refractivity contribution in [1.29, 1.82) is 0 Å². The molecule has 0 aliphatic rings. The number of rotatable bonds is 3. The molecule has 0 aliphatic heterocycles. The molecule has 6 heteroatoms. The van der Waals surface area contributed by atoms with Gasteiger partial charge < -0.3 is 0 Å². The van der Waals surface area contributed by atoms with Gasteiger partial charge in [-0.15, -0.1) is 0 Å². The summed E-state index contributed by atoms with van der Waals surface area (Å²) in [5.41, 5.74) is 4.13. The van der Waals surface area contributed by atoms with E-state index in [1.54, 1.807) is 24.4 Å². The minimum Gasteiger partial charge on any atom is -0.278 e. The summed E-state index contributed by atoms with van der Waals surface area (Å²) in [4.78, 5) is 16.5. The molecule has 21 heavy (non-hydrogen) atoms. The van der Waals surface area contributed by atoms with E-state index in [4.69, 9.17) is 11.6 Å². The molecule has 3 aromatic rings. The van der Waals surface area contributed by atoms with Crippen LogP contribution in [0.4, 0.5) is 5.69 Å². The highest BCUT2D eigenvalue weighted by Crippen LogP contribution is 2.09. The summed E-state index contributed by atoms with van der Waals surface area (Å²) in [5.74, 6) is 0. The molecule has 3 rings (SSSR count). The number of benzene rings is 1. The predicted molar refractivity (Wildman–Crippen MR) is 84.1 cm³/mol. The first-order valence-corrected chi connectivity index (χ1v) is 6.64. The fourth-order valence-corrected chi connectivity index (χ4v) is 2.08. The lowest BCUT2D eigenvalue weighted by Crippen LogP contribution is -2.20. The number of hydrazone groups is 1. The molecule has 0 radical (unpaired) electrons. The molecular weight excluding hydrogens is 288 g/mol. The highest BCUT2D eigenvalue weighted by molar-refractivity contribution is 6.32. The zero-order chi connectivity index (χ0) is 14.7. The summed E-state index contributed by atoms with van der Waals surface area (Å²) in [6.07, 6.45) is 3.02. The molecule has 0 amide bonds. The van der Waals surface area contributed by atoms with E-state index >= 15 is 0 Å². The molecule has 0 atom stereocenters. The van der Waals surface area contributed by atoms with Gasteiger partial charge in [-0.3, -0.25) is 14.6 Å². The van der Waals surface area contributed by atoms with Crippen LogP contribution in [0.1, 0.15) is 5.56 Å². The van der Waals surface area contributed by atoms with Gasteiger partial charge >= 0.3 is 0 Å². The minimum atomic E-state index is -0.260. The average Bonchev–Trinajstić information content (AvgIpc) is 2.51. The van der Waals surface area contributed by atoms with Gasteiger partial charge in [-0.1, -0.05) is 35.9 Å². The normalized spacial score (nSPS) is 11.1. The maximum Gasteiger partial charge on any atom is 0.268 e. The lowest BCUT2D eigenvalue weighted by Gasteiger charge is -2.03. The number of aromatic nitrogens is 2. The van der Waals surface area contributed by atoms with E-state index in [0.717, 1.165) is 5.69 Å². The van der Waals surface area contributed by atoms with E-state index in [-0.39, 0.29) is 16.3 Å². The lowest BCUT2D eigenvalue weighted by atomic mass is 10.3. The summed E-state index contributed by atoms with van der Waals surface area (Å²) in [6, 6.07) is 14.7. The van der Waals surface area contributed by atoms with Crippen molar-refractivity contribution in [3.8, 4) is 0 Å². The number of nitrogens with zero attached hydrogens (tertiary/aromatic N) is 3. The van der Waals surface area contributed by atoms with Crippen LogP contribution in [0.15, 0.2) is 64.6 Å². The molecule has 2 heterocycles. The van der Waals surface area contributed by atoms with Crippen LogP contribution in [0.2, 0.25) is 5.15 Å². The fraction of sp³-hybridized carbons (Fsp3) is 0. The maximum atomic E-state index is 12.3. The molecule has 0 unspecified atom stereocenters. The molecule has 0 spiro atoms. The summed E-state index contributed by atoms with van der Waals surface area (Å²) >= 11 is 6.05. The number of halogens is 1. The van der Waals surface area contributed by atoms with Gasteiger partial charge in [-0.2, -0.15) is 5.10 Å². The SMILES string of the molecule is O=c1c(/C=N/Nc2ccccc2)c(Cl)nc2ccccn12. The van der Waals surface area contributed by atoms with Crippen LogP contribution in [0.25, 0.3) is 5.65 Å². The van der Waals surface area contributed by atoms with Crippen LogP contribution in [-0.4, -0.2) is 15.6 Å². The average molecular weight is 299 g/mol. The molecule has 1 aromatic carbocycles. The number of fused-ring (bicyclic) bond motifs is 1. The first-order valence-electron chi connectivity index (χ1n) is 6.27.